The van der Waals surface area contributed by atoms with Gasteiger partial charge in [-0.05, 0) is 35.8 Å². The van der Waals surface area contributed by atoms with Crippen molar-refractivity contribution in [2.24, 2.45) is 0 Å². The van der Waals surface area contributed by atoms with Crippen LogP contribution in [0.4, 0.5) is 0 Å². The third-order valence-electron chi connectivity index (χ3n) is 2.15. The lowest BCUT2D eigenvalue weighted by Crippen LogP contribution is -2.16. The van der Waals surface area contributed by atoms with Crippen LogP contribution >= 0.6 is 15.9 Å². The van der Waals surface area contributed by atoms with Crippen molar-refractivity contribution in [1.29, 1.82) is 0 Å². The van der Waals surface area contributed by atoms with Crippen molar-refractivity contribution in [3.63, 3.8) is 0 Å². The number of para-hydroxylation sites is 1. The van der Waals surface area contributed by atoms with E-state index in [1.807, 2.05) is 18.2 Å². The molecule has 2 N–H and O–H groups in total. The van der Waals surface area contributed by atoms with Crippen LogP contribution in [0.15, 0.2) is 22.7 Å². The molecule has 0 spiro atoms. The summed E-state index contributed by atoms with van der Waals surface area (Å²) in [6.45, 7) is 3.47. The molecule has 0 aliphatic heterocycles. The summed E-state index contributed by atoms with van der Waals surface area (Å²) in [6.07, 6.45) is 0. The number of aromatic nitrogens is 2. The van der Waals surface area contributed by atoms with Crippen molar-refractivity contribution in [2.75, 3.05) is 0 Å². The monoisotopic (exact) mass is 254 g/mol. The molecule has 0 radical (unpaired) electrons. The quantitative estimate of drug-likeness (QED) is 0.822. The maximum absolute atomic E-state index is 9.88. The summed E-state index contributed by atoms with van der Waals surface area (Å²) in [7, 11) is 0. The Kier molecular flexibility index (Phi) is 2.12. The molecule has 3 nitrogen and oxygen atoms in total. The first-order valence-electron chi connectivity index (χ1n) is 4.35. The second kappa shape index (κ2) is 3.07. The van der Waals surface area contributed by atoms with Gasteiger partial charge in [0.1, 0.15) is 11.1 Å². The minimum absolute atomic E-state index is 0.744. The van der Waals surface area contributed by atoms with Crippen molar-refractivity contribution in [2.45, 2.75) is 19.4 Å². The van der Waals surface area contributed by atoms with Gasteiger partial charge in [0.15, 0.2) is 0 Å². The molecule has 0 saturated carbocycles. The number of nitrogens with zero attached hydrogens (tertiary/aromatic N) is 1. The second-order valence-corrected chi connectivity index (χ2v) is 4.65. The molecule has 0 unspecified atom stereocenters. The molecule has 4 heteroatoms. The molecular weight excluding hydrogens is 244 g/mol. The summed E-state index contributed by atoms with van der Waals surface area (Å²) in [5, 5.41) is 17.8. The molecule has 1 heterocycles. The van der Waals surface area contributed by atoms with Crippen LogP contribution < -0.4 is 0 Å². The van der Waals surface area contributed by atoms with E-state index in [0.29, 0.717) is 0 Å². The van der Waals surface area contributed by atoms with E-state index in [1.165, 1.54) is 0 Å². The minimum Gasteiger partial charge on any atom is -0.384 e. The standard InChI is InChI=1S/C10H11BrN2O/c1-10(2,14)9-6-4-3-5-7(11)8(6)12-13-9/h3-5,14H,1-2H3,(H,12,13). The molecule has 0 aliphatic carbocycles. The van der Waals surface area contributed by atoms with Gasteiger partial charge in [0, 0.05) is 9.86 Å². The molecule has 0 aliphatic rings. The van der Waals surface area contributed by atoms with Gasteiger partial charge in [0.2, 0.25) is 0 Å². The van der Waals surface area contributed by atoms with Gasteiger partial charge in [0.25, 0.3) is 0 Å². The largest absolute Gasteiger partial charge is 0.384 e. The highest BCUT2D eigenvalue weighted by Gasteiger charge is 2.21. The molecule has 0 atom stereocenters. The summed E-state index contributed by atoms with van der Waals surface area (Å²) in [5.41, 5.74) is 0.702. The predicted molar refractivity (Wildman–Crippen MR) is 59.0 cm³/mol. The highest BCUT2D eigenvalue weighted by Crippen LogP contribution is 2.29. The fourth-order valence-electron chi connectivity index (χ4n) is 1.47. The smallest absolute Gasteiger partial charge is 0.107 e. The molecule has 1 aromatic heterocycles. The Morgan fingerprint density at radius 1 is 1.43 bits per heavy atom. The van der Waals surface area contributed by atoms with Crippen LogP contribution in [0, 0.1) is 0 Å². The molecule has 14 heavy (non-hydrogen) atoms. The van der Waals surface area contributed by atoms with Crippen LogP contribution in [0.1, 0.15) is 19.5 Å². The third kappa shape index (κ3) is 1.44. The van der Waals surface area contributed by atoms with Crippen molar-refractivity contribution >= 4 is 26.8 Å². The topological polar surface area (TPSA) is 48.9 Å². The number of rotatable bonds is 1. The van der Waals surface area contributed by atoms with Crippen molar-refractivity contribution in [3.05, 3.63) is 28.4 Å². The van der Waals surface area contributed by atoms with Crippen molar-refractivity contribution in [3.8, 4) is 0 Å². The lowest BCUT2D eigenvalue weighted by molar-refractivity contribution is 0.0753. The maximum atomic E-state index is 9.88. The summed E-state index contributed by atoms with van der Waals surface area (Å²) in [5.74, 6) is 0. The molecule has 2 aromatic rings. The predicted octanol–water partition coefficient (Wildman–Crippen LogP) is 2.55. The maximum Gasteiger partial charge on any atom is 0.107 e. The molecule has 74 valence electrons. The van der Waals surface area contributed by atoms with Gasteiger partial charge in [-0.25, -0.2) is 0 Å². The first kappa shape index (κ1) is 9.68. The molecule has 0 saturated heterocycles. The van der Waals surface area contributed by atoms with Gasteiger partial charge < -0.3 is 5.11 Å². The van der Waals surface area contributed by atoms with E-state index in [0.717, 1.165) is 21.1 Å². The van der Waals surface area contributed by atoms with E-state index in [9.17, 15) is 5.11 Å². The third-order valence-corrected chi connectivity index (χ3v) is 2.79. The van der Waals surface area contributed by atoms with E-state index in [2.05, 4.69) is 26.1 Å². The zero-order chi connectivity index (χ0) is 10.3. The van der Waals surface area contributed by atoms with Crippen LogP contribution in [0.5, 0.6) is 0 Å². The number of hydrogen-bond acceptors (Lipinski definition) is 2. The Morgan fingerprint density at radius 3 is 2.79 bits per heavy atom. The lowest BCUT2D eigenvalue weighted by atomic mass is 10.0. The number of benzene rings is 1. The Morgan fingerprint density at radius 2 is 2.14 bits per heavy atom. The van der Waals surface area contributed by atoms with Gasteiger partial charge in [0.05, 0.1) is 5.69 Å². The van der Waals surface area contributed by atoms with Crippen LogP contribution in [-0.4, -0.2) is 15.3 Å². The number of hydrogen-bond donors (Lipinski definition) is 2. The van der Waals surface area contributed by atoms with Crippen molar-refractivity contribution in [1.82, 2.24) is 10.2 Å². The number of aromatic amines is 1. The van der Waals surface area contributed by atoms with Crippen LogP contribution in [0.2, 0.25) is 0 Å². The molecule has 0 bridgehead atoms. The summed E-state index contributed by atoms with van der Waals surface area (Å²) in [6, 6.07) is 5.80. The van der Waals surface area contributed by atoms with Gasteiger partial charge in [-0.15, -0.1) is 0 Å². The van der Waals surface area contributed by atoms with Crippen molar-refractivity contribution < 1.29 is 5.11 Å². The average Bonchev–Trinajstić information content (AvgIpc) is 2.47. The molecule has 2 rings (SSSR count). The SMILES string of the molecule is CC(C)(O)c1[nH]nc2c(Br)cccc12. The summed E-state index contributed by atoms with van der Waals surface area (Å²) < 4.78 is 0.932. The normalized spacial score (nSPS) is 12.3. The average molecular weight is 255 g/mol. The molecule has 1 aromatic carbocycles. The Hall–Kier alpha value is -0.870. The first-order valence-corrected chi connectivity index (χ1v) is 5.15. The van der Waals surface area contributed by atoms with Gasteiger partial charge in [-0.3, -0.25) is 5.10 Å². The zero-order valence-corrected chi connectivity index (χ0v) is 9.59. The molecule has 0 fully saturated rings. The van der Waals surface area contributed by atoms with Gasteiger partial charge >= 0.3 is 0 Å². The first-order chi connectivity index (χ1) is 6.50. The van der Waals surface area contributed by atoms with Gasteiger partial charge in [-0.1, -0.05) is 12.1 Å². The second-order valence-electron chi connectivity index (χ2n) is 3.79. The lowest BCUT2D eigenvalue weighted by Gasteiger charge is -2.14. The highest BCUT2D eigenvalue weighted by molar-refractivity contribution is 9.10. The Bertz CT molecular complexity index is 470. The molecular formula is C10H11BrN2O. The number of aliphatic hydroxyl groups is 1. The number of fused-ring (bicyclic) bond motifs is 1. The summed E-state index contributed by atoms with van der Waals surface area (Å²) in [4.78, 5) is 0. The highest BCUT2D eigenvalue weighted by atomic mass is 79.9. The van der Waals surface area contributed by atoms with Crippen LogP contribution in [0.25, 0.3) is 10.9 Å². The number of H-pyrrole nitrogens is 1. The minimum atomic E-state index is -0.893. The fraction of sp³-hybridized carbons (Fsp3) is 0.300. The van der Waals surface area contributed by atoms with E-state index >= 15 is 0 Å². The van der Waals surface area contributed by atoms with E-state index < -0.39 is 5.60 Å². The Balaban J connectivity index is 2.76. The summed E-state index contributed by atoms with van der Waals surface area (Å²) >= 11 is 3.41. The Labute approximate surface area is 90.3 Å². The van der Waals surface area contributed by atoms with E-state index in [4.69, 9.17) is 0 Å². The molecule has 0 amide bonds. The number of nitrogens with one attached hydrogen (secondary N) is 1. The zero-order valence-electron chi connectivity index (χ0n) is 8.00. The van der Waals surface area contributed by atoms with Gasteiger partial charge in [-0.2, -0.15) is 5.10 Å². The van der Waals surface area contributed by atoms with Crippen LogP contribution in [-0.2, 0) is 5.60 Å². The van der Waals surface area contributed by atoms with E-state index in [-0.39, 0.29) is 0 Å². The fourth-order valence-corrected chi connectivity index (χ4v) is 1.92. The van der Waals surface area contributed by atoms with Crippen LogP contribution in [0.3, 0.4) is 0 Å². The number of halogens is 1. The van der Waals surface area contributed by atoms with E-state index in [1.54, 1.807) is 13.8 Å².